The Morgan fingerprint density at radius 2 is 2.19 bits per heavy atom. The van der Waals surface area contributed by atoms with Crippen LogP contribution in [0.25, 0.3) is 17.0 Å². The van der Waals surface area contributed by atoms with Crippen LogP contribution >= 0.6 is 0 Å². The number of likely N-dealkylation sites (N-methyl/N-ethyl adjacent to an activating group) is 1. The van der Waals surface area contributed by atoms with Gasteiger partial charge >= 0.3 is 0 Å². The molecule has 0 radical (unpaired) electrons. The lowest BCUT2D eigenvalue weighted by atomic mass is 9.89. The highest BCUT2D eigenvalue weighted by Gasteiger charge is 2.29. The summed E-state index contributed by atoms with van der Waals surface area (Å²) in [7, 11) is 1.74. The molecule has 7 heteroatoms. The van der Waals surface area contributed by atoms with Crippen molar-refractivity contribution in [3.05, 3.63) is 65.1 Å². The monoisotopic (exact) mass is 418 g/mol. The van der Waals surface area contributed by atoms with Gasteiger partial charge in [0.15, 0.2) is 0 Å². The van der Waals surface area contributed by atoms with Gasteiger partial charge in [0.25, 0.3) is 0 Å². The van der Waals surface area contributed by atoms with Crippen LogP contribution in [-0.4, -0.2) is 34.8 Å². The first-order valence-corrected chi connectivity index (χ1v) is 10.3. The van der Waals surface area contributed by atoms with Crippen LogP contribution in [0.2, 0.25) is 0 Å². The van der Waals surface area contributed by atoms with Crippen LogP contribution in [0.15, 0.2) is 47.0 Å². The number of carbonyl (C=O) groups excluding carboxylic acids is 2. The van der Waals surface area contributed by atoms with Gasteiger partial charge in [0.1, 0.15) is 17.2 Å². The number of carbonyl (C=O) groups is 2. The molecule has 3 aromatic rings. The SMILES string of the molecule is Cc1c(CN(C)C(=O)/C=C/c2cnc3c(c2)CC(C(C)N)C(=O)N3)oc2ccccc12. The lowest BCUT2D eigenvalue weighted by Gasteiger charge is -2.26. The molecule has 2 aromatic heterocycles. The molecule has 2 amide bonds. The first-order chi connectivity index (χ1) is 14.8. The third kappa shape index (κ3) is 4.22. The minimum Gasteiger partial charge on any atom is -0.459 e. The summed E-state index contributed by atoms with van der Waals surface area (Å²) in [6.45, 7) is 4.21. The maximum absolute atomic E-state index is 12.6. The molecule has 0 saturated carbocycles. The van der Waals surface area contributed by atoms with Crippen LogP contribution < -0.4 is 11.1 Å². The Bertz CT molecular complexity index is 1180. The molecular weight excluding hydrogens is 392 g/mol. The number of hydrogen-bond acceptors (Lipinski definition) is 5. The molecule has 2 unspecified atom stereocenters. The molecule has 1 aliphatic heterocycles. The van der Waals surface area contributed by atoms with Gasteiger partial charge < -0.3 is 20.4 Å². The quantitative estimate of drug-likeness (QED) is 0.619. The van der Waals surface area contributed by atoms with Crippen molar-refractivity contribution in [1.82, 2.24) is 9.88 Å². The van der Waals surface area contributed by atoms with E-state index in [2.05, 4.69) is 10.3 Å². The minimum absolute atomic E-state index is 0.101. The van der Waals surface area contributed by atoms with Crippen molar-refractivity contribution in [3.8, 4) is 0 Å². The molecule has 1 aromatic carbocycles. The molecule has 0 fully saturated rings. The predicted molar refractivity (Wildman–Crippen MR) is 120 cm³/mol. The van der Waals surface area contributed by atoms with Crippen molar-refractivity contribution in [2.24, 2.45) is 11.7 Å². The summed E-state index contributed by atoms with van der Waals surface area (Å²) in [4.78, 5) is 30.7. The number of nitrogens with one attached hydrogen (secondary N) is 1. The van der Waals surface area contributed by atoms with Gasteiger partial charge in [-0.2, -0.15) is 0 Å². The van der Waals surface area contributed by atoms with E-state index in [1.54, 1.807) is 24.2 Å². The number of aryl methyl sites for hydroxylation is 1. The molecule has 7 nitrogen and oxygen atoms in total. The number of nitrogens with zero attached hydrogens (tertiary/aromatic N) is 2. The number of hydrogen-bond donors (Lipinski definition) is 2. The molecule has 0 bridgehead atoms. The summed E-state index contributed by atoms with van der Waals surface area (Å²) in [5, 5.41) is 3.87. The number of pyridine rings is 1. The van der Waals surface area contributed by atoms with E-state index in [1.807, 2.05) is 44.2 Å². The van der Waals surface area contributed by atoms with Gasteiger partial charge in [-0.3, -0.25) is 9.59 Å². The van der Waals surface area contributed by atoms with Crippen molar-refractivity contribution < 1.29 is 14.0 Å². The largest absolute Gasteiger partial charge is 0.459 e. The Balaban J connectivity index is 1.46. The van der Waals surface area contributed by atoms with E-state index in [1.165, 1.54) is 6.08 Å². The number of para-hydroxylation sites is 1. The molecular formula is C24H26N4O3. The Hall–Kier alpha value is -3.45. The molecule has 0 saturated heterocycles. The Kier molecular flexibility index (Phi) is 5.61. The van der Waals surface area contributed by atoms with Crippen molar-refractivity contribution in [2.75, 3.05) is 12.4 Å². The average Bonchev–Trinajstić information content (AvgIpc) is 3.06. The molecule has 3 heterocycles. The van der Waals surface area contributed by atoms with Crippen LogP contribution in [0.4, 0.5) is 5.82 Å². The molecule has 1 aliphatic rings. The Morgan fingerprint density at radius 1 is 1.42 bits per heavy atom. The van der Waals surface area contributed by atoms with E-state index >= 15 is 0 Å². The van der Waals surface area contributed by atoms with Gasteiger partial charge in [-0.1, -0.05) is 18.2 Å². The highest BCUT2D eigenvalue weighted by molar-refractivity contribution is 5.95. The number of amides is 2. The standard InChI is InChI=1S/C24H26N4O3/c1-14-18-6-4-5-7-20(18)31-21(14)13-28(3)22(29)9-8-16-10-17-11-19(15(2)25)24(30)27-23(17)26-12-16/h4-10,12,15,19H,11,13,25H2,1-3H3,(H,26,27,30)/b9-8+. The first kappa shape index (κ1) is 20.8. The van der Waals surface area contributed by atoms with Crippen LogP contribution in [0.1, 0.15) is 29.4 Å². The summed E-state index contributed by atoms with van der Waals surface area (Å²) in [6.07, 6.45) is 5.42. The third-order valence-electron chi connectivity index (χ3n) is 5.76. The number of benzene rings is 1. The normalized spacial score (nSPS) is 16.9. The fraction of sp³-hybridized carbons (Fsp3) is 0.292. The van der Waals surface area contributed by atoms with Gasteiger partial charge in [0.05, 0.1) is 12.5 Å². The number of fused-ring (bicyclic) bond motifs is 2. The number of furan rings is 1. The van der Waals surface area contributed by atoms with Crippen LogP contribution in [0.3, 0.4) is 0 Å². The lowest BCUT2D eigenvalue weighted by molar-refractivity contribution is -0.125. The molecule has 3 N–H and O–H groups in total. The van der Waals surface area contributed by atoms with E-state index < -0.39 is 0 Å². The number of anilines is 1. The fourth-order valence-electron chi connectivity index (χ4n) is 3.82. The first-order valence-electron chi connectivity index (χ1n) is 10.3. The van der Waals surface area contributed by atoms with Gasteiger partial charge in [-0.15, -0.1) is 0 Å². The van der Waals surface area contributed by atoms with E-state index in [9.17, 15) is 9.59 Å². The van der Waals surface area contributed by atoms with Crippen molar-refractivity contribution in [1.29, 1.82) is 0 Å². The summed E-state index contributed by atoms with van der Waals surface area (Å²) in [5.41, 5.74) is 9.51. The minimum atomic E-state index is -0.284. The van der Waals surface area contributed by atoms with Gasteiger partial charge in [-0.25, -0.2) is 4.98 Å². The summed E-state index contributed by atoms with van der Waals surface area (Å²) >= 11 is 0. The highest BCUT2D eigenvalue weighted by Crippen LogP contribution is 2.27. The summed E-state index contributed by atoms with van der Waals surface area (Å²) < 4.78 is 5.91. The maximum atomic E-state index is 12.6. The van der Waals surface area contributed by atoms with Crippen LogP contribution in [-0.2, 0) is 22.6 Å². The highest BCUT2D eigenvalue weighted by atomic mass is 16.3. The molecule has 160 valence electrons. The van der Waals surface area contributed by atoms with Gasteiger partial charge in [0, 0.05) is 36.3 Å². The average molecular weight is 418 g/mol. The number of aromatic nitrogens is 1. The van der Waals surface area contributed by atoms with Crippen molar-refractivity contribution in [2.45, 2.75) is 32.9 Å². The second kappa shape index (κ2) is 8.35. The van der Waals surface area contributed by atoms with Crippen molar-refractivity contribution in [3.63, 3.8) is 0 Å². The number of rotatable bonds is 5. The third-order valence-corrected chi connectivity index (χ3v) is 5.76. The molecule has 4 rings (SSSR count). The van der Waals surface area contributed by atoms with Gasteiger partial charge in [0.2, 0.25) is 11.8 Å². The van der Waals surface area contributed by atoms with E-state index in [0.717, 1.165) is 33.4 Å². The topological polar surface area (TPSA) is 101 Å². The lowest BCUT2D eigenvalue weighted by Crippen LogP contribution is -2.41. The summed E-state index contributed by atoms with van der Waals surface area (Å²) in [5.74, 6) is 0.810. The molecule has 31 heavy (non-hydrogen) atoms. The molecule has 0 aliphatic carbocycles. The predicted octanol–water partition coefficient (Wildman–Crippen LogP) is 3.27. The van der Waals surface area contributed by atoms with Crippen LogP contribution in [0.5, 0.6) is 0 Å². The smallest absolute Gasteiger partial charge is 0.246 e. The zero-order chi connectivity index (χ0) is 22.1. The molecule has 2 atom stereocenters. The Labute approximate surface area is 180 Å². The van der Waals surface area contributed by atoms with Gasteiger partial charge in [-0.05, 0) is 49.6 Å². The van der Waals surface area contributed by atoms with E-state index in [4.69, 9.17) is 10.2 Å². The zero-order valence-electron chi connectivity index (χ0n) is 17.9. The van der Waals surface area contributed by atoms with E-state index in [-0.39, 0.29) is 23.8 Å². The zero-order valence-corrected chi connectivity index (χ0v) is 17.9. The van der Waals surface area contributed by atoms with Crippen LogP contribution in [0, 0.1) is 12.8 Å². The summed E-state index contributed by atoms with van der Waals surface area (Å²) in [6, 6.07) is 9.53. The van der Waals surface area contributed by atoms with E-state index in [0.29, 0.717) is 18.8 Å². The van der Waals surface area contributed by atoms with Crippen molar-refractivity contribution >= 4 is 34.7 Å². The number of nitrogens with two attached hydrogens (primary N) is 1. The fourth-order valence-corrected chi connectivity index (χ4v) is 3.82. The second-order valence-corrected chi connectivity index (χ2v) is 8.11. The molecule has 0 spiro atoms. The Morgan fingerprint density at radius 3 is 2.94 bits per heavy atom. The second-order valence-electron chi connectivity index (χ2n) is 8.11. The maximum Gasteiger partial charge on any atom is 0.246 e.